The number of nitrogens with zero attached hydrogens (tertiary/aromatic N) is 2. The maximum Gasteiger partial charge on any atom is 0.409 e. The number of aryl methyl sites for hydroxylation is 1. The summed E-state index contributed by atoms with van der Waals surface area (Å²) in [5.41, 5.74) is 4.52. The number of hydrogen-bond acceptors (Lipinski definition) is 3. The van der Waals surface area contributed by atoms with E-state index in [-0.39, 0.29) is 6.09 Å². The Morgan fingerprint density at radius 3 is 2.95 bits per heavy atom. The van der Waals surface area contributed by atoms with Gasteiger partial charge in [0.1, 0.15) is 0 Å². The number of rotatable bonds is 0. The van der Waals surface area contributed by atoms with Crippen LogP contribution in [0.3, 0.4) is 0 Å². The van der Waals surface area contributed by atoms with Crippen molar-refractivity contribution in [3.05, 3.63) is 41.1 Å². The summed E-state index contributed by atoms with van der Waals surface area (Å²) in [6, 6.07) is 8.14. The first-order chi connectivity index (χ1) is 9.20. The molecule has 0 spiro atoms. The molecule has 98 valence electrons. The van der Waals surface area contributed by atoms with Gasteiger partial charge in [-0.1, -0.05) is 18.2 Å². The van der Waals surface area contributed by atoms with E-state index in [1.54, 1.807) is 4.90 Å². The van der Waals surface area contributed by atoms with Gasteiger partial charge in [0.2, 0.25) is 0 Å². The molecule has 1 aromatic carbocycles. The molecule has 1 aromatic heterocycles. The van der Waals surface area contributed by atoms with Crippen molar-refractivity contribution in [2.24, 2.45) is 0 Å². The molecule has 0 saturated carbocycles. The summed E-state index contributed by atoms with van der Waals surface area (Å²) in [5, 5.41) is 1.16. The molecule has 0 saturated heterocycles. The molecule has 0 bridgehead atoms. The second kappa shape index (κ2) is 4.53. The lowest BCUT2D eigenvalue weighted by molar-refractivity contribution is 0.118. The van der Waals surface area contributed by atoms with Crippen LogP contribution in [-0.4, -0.2) is 29.6 Å². The van der Waals surface area contributed by atoms with Crippen molar-refractivity contribution in [2.75, 3.05) is 13.7 Å². The number of ether oxygens (including phenoxy) is 1. The highest BCUT2D eigenvalue weighted by atomic mass is 16.5. The van der Waals surface area contributed by atoms with Gasteiger partial charge in [-0.3, -0.25) is 4.98 Å². The highest BCUT2D eigenvalue weighted by Crippen LogP contribution is 2.27. The van der Waals surface area contributed by atoms with E-state index in [2.05, 4.69) is 13.0 Å². The SMILES string of the molecule is COC(=O)N1CCc2nc3ccccc3c(C)c2C1. The smallest absolute Gasteiger partial charge is 0.409 e. The van der Waals surface area contributed by atoms with Crippen LogP contribution in [0.1, 0.15) is 16.8 Å². The summed E-state index contributed by atoms with van der Waals surface area (Å²) >= 11 is 0. The molecular formula is C15H16N2O2. The standard InChI is InChI=1S/C15H16N2O2/c1-10-11-5-3-4-6-13(11)16-14-7-8-17(9-12(10)14)15(18)19-2/h3-6H,7-9H2,1-2H3. The van der Waals surface area contributed by atoms with Crippen LogP contribution in [0, 0.1) is 6.92 Å². The number of para-hydroxylation sites is 1. The summed E-state index contributed by atoms with van der Waals surface area (Å²) in [4.78, 5) is 18.1. The fourth-order valence-corrected chi connectivity index (χ4v) is 2.69. The van der Waals surface area contributed by atoms with Crippen molar-refractivity contribution in [3.8, 4) is 0 Å². The van der Waals surface area contributed by atoms with E-state index in [0.717, 1.165) is 28.6 Å². The molecule has 4 nitrogen and oxygen atoms in total. The van der Waals surface area contributed by atoms with E-state index < -0.39 is 0 Å². The summed E-state index contributed by atoms with van der Waals surface area (Å²) < 4.78 is 4.80. The van der Waals surface area contributed by atoms with Crippen LogP contribution >= 0.6 is 0 Å². The molecule has 19 heavy (non-hydrogen) atoms. The minimum absolute atomic E-state index is 0.266. The van der Waals surface area contributed by atoms with Gasteiger partial charge in [0.25, 0.3) is 0 Å². The van der Waals surface area contributed by atoms with Gasteiger partial charge in [0, 0.05) is 24.0 Å². The second-order valence-corrected chi connectivity index (χ2v) is 4.82. The van der Waals surface area contributed by atoms with Crippen LogP contribution in [-0.2, 0) is 17.7 Å². The summed E-state index contributed by atoms with van der Waals surface area (Å²) in [5.74, 6) is 0. The van der Waals surface area contributed by atoms with Gasteiger partial charge in [-0.2, -0.15) is 0 Å². The van der Waals surface area contributed by atoms with E-state index in [9.17, 15) is 4.79 Å². The Kier molecular flexibility index (Phi) is 2.85. The molecular weight excluding hydrogens is 240 g/mol. The number of aromatic nitrogens is 1. The molecule has 3 rings (SSSR count). The van der Waals surface area contributed by atoms with Gasteiger partial charge in [0.15, 0.2) is 0 Å². The molecule has 0 aliphatic carbocycles. The van der Waals surface area contributed by atoms with Crippen LogP contribution in [0.2, 0.25) is 0 Å². The van der Waals surface area contributed by atoms with Gasteiger partial charge >= 0.3 is 6.09 Å². The Morgan fingerprint density at radius 1 is 1.37 bits per heavy atom. The number of fused-ring (bicyclic) bond motifs is 2. The van der Waals surface area contributed by atoms with Crippen molar-refractivity contribution >= 4 is 17.0 Å². The zero-order chi connectivity index (χ0) is 13.4. The number of pyridine rings is 1. The van der Waals surface area contributed by atoms with E-state index in [4.69, 9.17) is 9.72 Å². The van der Waals surface area contributed by atoms with Gasteiger partial charge in [-0.15, -0.1) is 0 Å². The lowest BCUT2D eigenvalue weighted by Gasteiger charge is -2.28. The molecule has 0 N–H and O–H groups in total. The maximum atomic E-state index is 11.6. The lowest BCUT2D eigenvalue weighted by atomic mass is 9.97. The van der Waals surface area contributed by atoms with Crippen molar-refractivity contribution in [2.45, 2.75) is 19.9 Å². The Morgan fingerprint density at radius 2 is 2.16 bits per heavy atom. The van der Waals surface area contributed by atoms with Crippen molar-refractivity contribution < 1.29 is 9.53 Å². The van der Waals surface area contributed by atoms with Crippen LogP contribution in [0.4, 0.5) is 4.79 Å². The average Bonchev–Trinajstić information content (AvgIpc) is 2.46. The van der Waals surface area contributed by atoms with Crippen LogP contribution in [0.5, 0.6) is 0 Å². The monoisotopic (exact) mass is 256 g/mol. The molecule has 2 aromatic rings. The molecule has 1 aliphatic heterocycles. The second-order valence-electron chi connectivity index (χ2n) is 4.82. The molecule has 0 atom stereocenters. The largest absolute Gasteiger partial charge is 0.453 e. The first-order valence-corrected chi connectivity index (χ1v) is 6.40. The van der Waals surface area contributed by atoms with Crippen LogP contribution < -0.4 is 0 Å². The van der Waals surface area contributed by atoms with Crippen LogP contribution in [0.15, 0.2) is 24.3 Å². The van der Waals surface area contributed by atoms with E-state index in [1.807, 2.05) is 18.2 Å². The Bertz CT molecular complexity index is 652. The highest BCUT2D eigenvalue weighted by molar-refractivity contribution is 5.83. The first-order valence-electron chi connectivity index (χ1n) is 6.40. The molecule has 0 fully saturated rings. The number of carbonyl (C=O) groups is 1. The third kappa shape index (κ3) is 1.93. The van der Waals surface area contributed by atoms with Gasteiger partial charge in [-0.25, -0.2) is 4.79 Å². The number of benzene rings is 1. The molecule has 0 unspecified atom stereocenters. The number of methoxy groups -OCH3 is 1. The van der Waals surface area contributed by atoms with E-state index >= 15 is 0 Å². The fourth-order valence-electron chi connectivity index (χ4n) is 2.69. The average molecular weight is 256 g/mol. The third-order valence-electron chi connectivity index (χ3n) is 3.76. The first kappa shape index (κ1) is 12.0. The molecule has 1 amide bonds. The number of carbonyl (C=O) groups excluding carboxylic acids is 1. The van der Waals surface area contributed by atoms with E-state index in [0.29, 0.717) is 13.1 Å². The number of amides is 1. The normalized spacial score (nSPS) is 14.3. The number of hydrogen-bond donors (Lipinski definition) is 0. The zero-order valence-electron chi connectivity index (χ0n) is 11.1. The molecule has 0 radical (unpaired) electrons. The maximum absolute atomic E-state index is 11.6. The molecule has 4 heteroatoms. The Hall–Kier alpha value is -2.10. The lowest BCUT2D eigenvalue weighted by Crippen LogP contribution is -2.36. The van der Waals surface area contributed by atoms with Crippen molar-refractivity contribution in [1.82, 2.24) is 9.88 Å². The predicted octanol–water partition coefficient (Wildman–Crippen LogP) is 2.67. The summed E-state index contributed by atoms with van der Waals surface area (Å²) in [6.45, 7) is 3.36. The third-order valence-corrected chi connectivity index (χ3v) is 3.76. The van der Waals surface area contributed by atoms with Crippen molar-refractivity contribution in [3.63, 3.8) is 0 Å². The predicted molar refractivity (Wildman–Crippen MR) is 73.0 cm³/mol. The van der Waals surface area contributed by atoms with Crippen LogP contribution in [0.25, 0.3) is 10.9 Å². The minimum atomic E-state index is -0.266. The Labute approximate surface area is 112 Å². The van der Waals surface area contributed by atoms with Gasteiger partial charge in [-0.05, 0) is 24.1 Å². The quantitative estimate of drug-likeness (QED) is 0.727. The summed E-state index contributed by atoms with van der Waals surface area (Å²) in [6.07, 6.45) is 0.522. The Balaban J connectivity index is 2.09. The zero-order valence-corrected chi connectivity index (χ0v) is 11.1. The molecule has 1 aliphatic rings. The van der Waals surface area contributed by atoms with Gasteiger partial charge in [0.05, 0.1) is 19.2 Å². The molecule has 2 heterocycles. The van der Waals surface area contributed by atoms with E-state index in [1.165, 1.54) is 12.7 Å². The van der Waals surface area contributed by atoms with Crippen molar-refractivity contribution in [1.29, 1.82) is 0 Å². The fraction of sp³-hybridized carbons (Fsp3) is 0.333. The topological polar surface area (TPSA) is 42.4 Å². The summed E-state index contributed by atoms with van der Waals surface area (Å²) in [7, 11) is 1.42. The minimum Gasteiger partial charge on any atom is -0.453 e. The van der Waals surface area contributed by atoms with Gasteiger partial charge < -0.3 is 9.64 Å². The highest BCUT2D eigenvalue weighted by Gasteiger charge is 2.24.